The summed E-state index contributed by atoms with van der Waals surface area (Å²) in [7, 11) is -3.91. The highest BCUT2D eigenvalue weighted by Crippen LogP contribution is 2.45. The molecule has 6 amide bonds. The third kappa shape index (κ3) is 7.69. The molecular weight excluding hydrogens is 689 g/mol. The number of urea groups is 1. The molecule has 3 aliphatic heterocycles. The van der Waals surface area contributed by atoms with Crippen molar-refractivity contribution < 1.29 is 37.1 Å². The molecular formula is C37H50N6O8S. The van der Waals surface area contributed by atoms with Crippen LogP contribution in [0.25, 0.3) is 6.08 Å². The molecule has 4 N–H and O–H groups in total. The summed E-state index contributed by atoms with van der Waals surface area (Å²) in [5, 5.41) is 7.94. The van der Waals surface area contributed by atoms with Crippen LogP contribution in [0.4, 0.5) is 9.59 Å². The van der Waals surface area contributed by atoms with Crippen LogP contribution in [0.2, 0.25) is 0 Å². The van der Waals surface area contributed by atoms with Gasteiger partial charge in [0.05, 0.1) is 18.3 Å². The minimum Gasteiger partial charge on any atom is -0.444 e. The van der Waals surface area contributed by atoms with Gasteiger partial charge >= 0.3 is 12.1 Å². The first-order chi connectivity index (χ1) is 24.3. The van der Waals surface area contributed by atoms with Crippen molar-refractivity contribution in [3.05, 3.63) is 53.6 Å². The van der Waals surface area contributed by atoms with Crippen LogP contribution >= 0.6 is 0 Å². The lowest BCUT2D eigenvalue weighted by Gasteiger charge is -2.36. The summed E-state index contributed by atoms with van der Waals surface area (Å²) in [4.78, 5) is 72.1. The number of benzene rings is 1. The van der Waals surface area contributed by atoms with Crippen molar-refractivity contribution in [2.75, 3.05) is 6.54 Å². The van der Waals surface area contributed by atoms with Gasteiger partial charge in [-0.1, -0.05) is 57.2 Å². The van der Waals surface area contributed by atoms with Crippen molar-refractivity contribution in [1.29, 1.82) is 0 Å². The molecule has 3 fully saturated rings. The number of hydrogen-bond donors (Lipinski definition) is 4. The van der Waals surface area contributed by atoms with Gasteiger partial charge in [0, 0.05) is 24.4 Å². The van der Waals surface area contributed by atoms with Crippen LogP contribution in [0.3, 0.4) is 0 Å². The van der Waals surface area contributed by atoms with Gasteiger partial charge in [0.2, 0.25) is 21.8 Å². The lowest BCUT2D eigenvalue weighted by Crippen LogP contribution is -2.62. The van der Waals surface area contributed by atoms with Crippen molar-refractivity contribution >= 4 is 45.9 Å². The van der Waals surface area contributed by atoms with Gasteiger partial charge in [-0.2, -0.15) is 0 Å². The summed E-state index contributed by atoms with van der Waals surface area (Å²) in [6.07, 6.45) is 6.29. The van der Waals surface area contributed by atoms with E-state index in [0.29, 0.717) is 38.8 Å². The minimum absolute atomic E-state index is 0.0784. The normalized spacial score (nSPS) is 29.1. The van der Waals surface area contributed by atoms with Crippen molar-refractivity contribution in [3.63, 3.8) is 0 Å². The van der Waals surface area contributed by atoms with Crippen LogP contribution in [-0.2, 0) is 42.2 Å². The van der Waals surface area contributed by atoms with Gasteiger partial charge in [0.1, 0.15) is 23.7 Å². The van der Waals surface area contributed by atoms with Crippen LogP contribution < -0.4 is 20.7 Å². The summed E-state index contributed by atoms with van der Waals surface area (Å²) in [5.74, 6) is -2.67. The predicted octanol–water partition coefficient (Wildman–Crippen LogP) is 3.08. The van der Waals surface area contributed by atoms with Gasteiger partial charge in [-0.25, -0.2) is 18.0 Å². The van der Waals surface area contributed by atoms with Crippen LogP contribution in [0.15, 0.2) is 36.9 Å². The first-order valence-corrected chi connectivity index (χ1v) is 19.5. The Balaban J connectivity index is 1.30. The zero-order chi connectivity index (χ0) is 37.8. The Bertz CT molecular complexity index is 1820. The highest BCUT2D eigenvalue weighted by atomic mass is 32.2. The van der Waals surface area contributed by atoms with Gasteiger partial charge in [0.25, 0.3) is 5.91 Å². The molecule has 5 atom stereocenters. The van der Waals surface area contributed by atoms with Crippen molar-refractivity contribution in [3.8, 4) is 0 Å². The zero-order valence-electron chi connectivity index (χ0n) is 30.5. The molecule has 14 nitrogen and oxygen atoms in total. The van der Waals surface area contributed by atoms with E-state index in [2.05, 4.69) is 27.3 Å². The third-order valence-electron chi connectivity index (χ3n) is 10.7. The molecule has 0 unspecified atom stereocenters. The fraction of sp³-hybridized carbons (Fsp3) is 0.595. The molecule has 6 rings (SSSR count). The number of allylic oxidation sites excluding steroid dienone is 1. The van der Waals surface area contributed by atoms with Crippen molar-refractivity contribution in [2.45, 2.75) is 121 Å². The van der Waals surface area contributed by atoms with Crippen molar-refractivity contribution in [1.82, 2.24) is 30.5 Å². The molecule has 2 aliphatic carbocycles. The van der Waals surface area contributed by atoms with Crippen LogP contribution in [0, 0.1) is 11.3 Å². The Morgan fingerprint density at radius 2 is 1.85 bits per heavy atom. The maximum Gasteiger partial charge on any atom is 0.410 e. The number of ether oxygens (including phenoxy) is 1. The summed E-state index contributed by atoms with van der Waals surface area (Å²) >= 11 is 0. The summed E-state index contributed by atoms with van der Waals surface area (Å²) < 4.78 is 33.4. The van der Waals surface area contributed by atoms with E-state index in [1.54, 1.807) is 25.7 Å². The van der Waals surface area contributed by atoms with E-state index < -0.39 is 85.7 Å². The first kappa shape index (κ1) is 37.4. The molecule has 5 aliphatic rings. The van der Waals surface area contributed by atoms with E-state index in [1.165, 1.54) is 11.0 Å². The maximum atomic E-state index is 14.5. The van der Waals surface area contributed by atoms with Gasteiger partial charge in [-0.15, -0.1) is 6.58 Å². The molecule has 2 saturated carbocycles. The molecule has 15 heteroatoms. The van der Waals surface area contributed by atoms with Gasteiger partial charge in [-0.3, -0.25) is 24.0 Å². The molecule has 0 radical (unpaired) electrons. The fourth-order valence-electron chi connectivity index (χ4n) is 7.35. The van der Waals surface area contributed by atoms with Gasteiger partial charge in [0.15, 0.2) is 0 Å². The number of carbonyl (C=O) groups excluding carboxylic acids is 5. The van der Waals surface area contributed by atoms with E-state index in [-0.39, 0.29) is 19.4 Å². The number of amides is 6. The lowest BCUT2D eigenvalue weighted by atomic mass is 9.85. The largest absolute Gasteiger partial charge is 0.444 e. The van der Waals surface area contributed by atoms with Crippen LogP contribution in [0.5, 0.6) is 0 Å². The van der Waals surface area contributed by atoms with E-state index in [4.69, 9.17) is 4.74 Å². The van der Waals surface area contributed by atoms with E-state index in [1.807, 2.05) is 44.2 Å². The molecule has 1 aromatic carbocycles. The number of sulfonamides is 1. The second-order valence-electron chi connectivity index (χ2n) is 16.5. The highest BCUT2D eigenvalue weighted by molar-refractivity contribution is 7.91. The first-order valence-electron chi connectivity index (χ1n) is 18.0. The van der Waals surface area contributed by atoms with Gasteiger partial charge < -0.3 is 25.6 Å². The quantitative estimate of drug-likeness (QED) is 0.321. The SMILES string of the molecule is C=C[C@@H]1C[C@]1(NC(=O)[C@@H]1C[C@@H]2CN1C(=O)[C@H](C(C)(C)C)NC(=O)NC(C)(C)CCC=Cc1cccc3c1CN(C3)C(=O)O2)C(=O)NS(=O)(=O)C1CC1. The summed E-state index contributed by atoms with van der Waals surface area (Å²) in [6, 6.07) is 3.05. The summed E-state index contributed by atoms with van der Waals surface area (Å²) in [5.41, 5.74) is -0.0288. The van der Waals surface area contributed by atoms with E-state index in [0.717, 1.165) is 16.7 Å². The Morgan fingerprint density at radius 1 is 1.12 bits per heavy atom. The molecule has 4 bridgehead atoms. The molecule has 1 aromatic rings. The fourth-order valence-corrected chi connectivity index (χ4v) is 8.71. The number of fused-ring (bicyclic) bond motifs is 3. The molecule has 3 heterocycles. The number of nitrogens with zero attached hydrogens (tertiary/aromatic N) is 2. The molecule has 1 saturated heterocycles. The number of nitrogens with one attached hydrogen (secondary N) is 4. The average molecular weight is 739 g/mol. The van der Waals surface area contributed by atoms with Crippen LogP contribution in [0.1, 0.15) is 89.8 Å². The highest BCUT2D eigenvalue weighted by Gasteiger charge is 2.62. The van der Waals surface area contributed by atoms with Gasteiger partial charge in [-0.05, 0) is 68.1 Å². The summed E-state index contributed by atoms with van der Waals surface area (Å²) in [6.45, 7) is 13.5. The minimum atomic E-state index is -3.91. The topological polar surface area (TPSA) is 183 Å². The molecule has 0 spiro atoms. The monoisotopic (exact) mass is 738 g/mol. The number of carbonyl (C=O) groups is 5. The standard InChI is InChI=1S/C37H50N6O8S/c1-7-24-18-37(24,32(46)41-52(49,50)26-14-15-26)39-30(44)28-17-25-20-43(28)31(45)29(35(2,3)4)38-33(47)40-36(5,6)16-9-8-11-22-12-10-13-23-19-42(21-27(22)23)34(48)51-25/h7-8,10-13,24-26,28-29H,1,9,14-21H2,2-6H3,(H,39,44)(H,41,46)(H2,38,40,47)/t24-,25-,28+,29-,37-/m1/s1. The van der Waals surface area contributed by atoms with E-state index in [9.17, 15) is 32.4 Å². The smallest absolute Gasteiger partial charge is 0.410 e. The zero-order valence-corrected chi connectivity index (χ0v) is 31.3. The Hall–Kier alpha value is -4.40. The predicted molar refractivity (Wildman–Crippen MR) is 193 cm³/mol. The Labute approximate surface area is 305 Å². The molecule has 0 aromatic heterocycles. The Kier molecular flexibility index (Phi) is 9.73. The van der Waals surface area contributed by atoms with E-state index >= 15 is 0 Å². The molecule has 52 heavy (non-hydrogen) atoms. The number of rotatable bonds is 6. The second-order valence-corrected chi connectivity index (χ2v) is 18.5. The molecule has 282 valence electrons. The Morgan fingerprint density at radius 3 is 2.50 bits per heavy atom. The number of hydrogen-bond acceptors (Lipinski definition) is 8. The lowest BCUT2D eigenvalue weighted by molar-refractivity contribution is -0.142. The average Bonchev–Trinajstić information content (AvgIpc) is 3.94. The maximum absolute atomic E-state index is 14.5. The van der Waals surface area contributed by atoms with Crippen molar-refractivity contribution in [2.24, 2.45) is 11.3 Å². The second kappa shape index (κ2) is 13.5. The van der Waals surface area contributed by atoms with Crippen LogP contribution in [-0.4, -0.2) is 89.1 Å². The third-order valence-corrected chi connectivity index (χ3v) is 12.5.